The fraction of sp³-hybridized carbons (Fsp3) is 0.253. The Morgan fingerprint density at radius 3 is 1.19 bits per heavy atom. The molecular weight excluding hydrogens is 1980 g/mol. The topological polar surface area (TPSA) is 211 Å². The molecule has 10 heterocycles. The van der Waals surface area contributed by atoms with E-state index in [1.807, 2.05) is 91.9 Å². The first-order chi connectivity index (χ1) is 64.1. The lowest BCUT2D eigenvalue weighted by atomic mass is 9.91. The highest BCUT2D eigenvalue weighted by Crippen LogP contribution is 2.48. The molecule has 5 aliphatic heterocycles. The number of H-pyrrole nitrogens is 5. The molecule has 5 aromatic heterocycles. The van der Waals surface area contributed by atoms with E-state index in [-0.39, 0.29) is 43.2 Å². The number of halogens is 17. The Hall–Kier alpha value is -11.2. The highest BCUT2D eigenvalue weighted by molar-refractivity contribution is 9.10. The molecule has 696 valence electrons. The number of aromatic nitrogens is 5. The van der Waals surface area contributed by atoms with E-state index in [1.165, 1.54) is 61.9 Å². The van der Waals surface area contributed by atoms with Crippen molar-refractivity contribution < 1.29 is 82.5 Å². The first kappa shape index (κ1) is 95.9. The average molecular weight is 2070 g/mol. The van der Waals surface area contributed by atoms with E-state index in [1.54, 1.807) is 42.2 Å². The number of nitrogens with zero attached hydrogens (tertiary/aromatic N) is 5. The molecule has 0 radical (unpaired) electrons. The number of benzene rings is 10. The van der Waals surface area contributed by atoms with Crippen LogP contribution in [0.1, 0.15) is 153 Å². The SMILES string of the molecule is CC(=O)N1CCc2c([nH]c3ccc(Br)cc23)C1c1cccc(C(F)(F)F)c1.CCCOC(=O)N1CCc2c([nH]c3ccc(Cl)cc23)C1c1cccc(C(F)(F)F)c1.CCOC(=O)N1CCc2c([nH]c3ccc(Cl)cc23)C1c1cc(F)ccc1F.O=C(OCCCl)N1CCc2c([nH]c3ccc(Cl)cc23)C1c1cc(F)cc(F)c1.ON1CCc2c([nH]c3ccc(Br)cc23)C1c1ccc(Cl)cc1. The van der Waals surface area contributed by atoms with Gasteiger partial charge in [0.2, 0.25) is 5.91 Å². The van der Waals surface area contributed by atoms with Crippen molar-refractivity contribution in [3.8, 4) is 0 Å². The predicted octanol–water partition coefficient (Wildman–Crippen LogP) is 27.3. The van der Waals surface area contributed by atoms with Crippen molar-refractivity contribution in [3.05, 3.63) is 348 Å². The summed E-state index contributed by atoms with van der Waals surface area (Å²) >= 11 is 37.0. The van der Waals surface area contributed by atoms with Gasteiger partial charge in [-0.1, -0.05) is 122 Å². The Kier molecular flexibility index (Phi) is 28.9. The minimum Gasteiger partial charge on any atom is -0.450 e. The largest absolute Gasteiger partial charge is 0.450 e. The van der Waals surface area contributed by atoms with Gasteiger partial charge in [-0.3, -0.25) is 19.5 Å². The average Bonchev–Trinajstić information content (AvgIpc) is 1.60. The fourth-order valence-corrected chi connectivity index (χ4v) is 19.9. The summed E-state index contributed by atoms with van der Waals surface area (Å²) in [5.41, 5.74) is 14.3. The van der Waals surface area contributed by atoms with E-state index in [4.69, 9.17) is 72.2 Å². The summed E-state index contributed by atoms with van der Waals surface area (Å²) in [6.07, 6.45) is -6.80. The number of hydrogen-bond acceptors (Lipinski definition) is 9. The molecule has 18 nitrogen and oxygen atoms in total. The van der Waals surface area contributed by atoms with Crippen LogP contribution in [0.15, 0.2) is 209 Å². The van der Waals surface area contributed by atoms with Gasteiger partial charge in [0.15, 0.2) is 0 Å². The second-order valence-corrected chi connectivity index (χ2v) is 36.5. The number of alkyl halides is 7. The summed E-state index contributed by atoms with van der Waals surface area (Å²) in [6.45, 7) is 7.59. The standard InChI is InChI=1S/C22H20ClF3N2O2.C20H16BrF3N2O.C20H16Cl2F2N2O2.C20H17ClF2N2O2.C17H14BrClN2O/c1-2-10-30-21(29)28-9-8-16-17-12-15(23)6-7-18(17)27-19(16)20(28)13-4-3-5-14(11-13)22(24,25)26;1-11(27)26-8-7-15-16-10-14(21)5-6-17(16)25-18(15)19(26)12-3-2-4-13(9-12)20(22,23)24;21-4-6-28-20(27)26-5-3-15-16-9-12(22)1-2-17(16)25-18(15)19(26)11-7-13(23)10-14(24)8-11;1-2-27-20(26)25-8-7-13-14-9-11(21)3-6-17(14)24-18(13)19(25)15-10-12(22)4-5-16(15)23;18-11-3-6-15-14(9-11)13-7-8-21(22)17(16(13)20-15)10-1-4-12(19)5-2-10/h3-7,11-12,20,27H,2,8-10H2,1H3;2-6,9-10,19,25H,7-8H2,1H3;1-2,7-10,19,25H,3-6H2;3-6,9-10,19,24H,2,7-8H2,1H3;1-6,9,17,20,22H,7-8H2. The van der Waals surface area contributed by atoms with Crippen molar-refractivity contribution >= 4 is 169 Å². The molecular formula is C99H83Br2Cl5F10N10O8. The molecule has 0 bridgehead atoms. The summed E-state index contributed by atoms with van der Waals surface area (Å²) in [4.78, 5) is 72.8. The summed E-state index contributed by atoms with van der Waals surface area (Å²) in [6, 6.07) is 49.8. The molecule has 5 atom stereocenters. The Morgan fingerprint density at radius 1 is 0.396 bits per heavy atom. The van der Waals surface area contributed by atoms with Gasteiger partial charge in [-0.25, -0.2) is 31.9 Å². The van der Waals surface area contributed by atoms with Crippen LogP contribution in [0.3, 0.4) is 0 Å². The summed E-state index contributed by atoms with van der Waals surface area (Å²) in [5, 5.41) is 19.2. The Labute approximate surface area is 802 Å². The number of hydrogen-bond donors (Lipinski definition) is 6. The third-order valence-electron chi connectivity index (χ3n) is 24.2. The lowest BCUT2D eigenvalue weighted by Crippen LogP contribution is -2.41. The van der Waals surface area contributed by atoms with Crippen LogP contribution < -0.4 is 0 Å². The van der Waals surface area contributed by atoms with E-state index >= 15 is 0 Å². The zero-order valence-corrected chi connectivity index (χ0v) is 78.5. The number of carbonyl (C=O) groups is 4. The molecule has 0 aliphatic carbocycles. The third-order valence-corrected chi connectivity index (χ3v) is 26.3. The minimum absolute atomic E-state index is 0.0519. The van der Waals surface area contributed by atoms with Crippen LogP contribution in [0.2, 0.25) is 20.1 Å². The van der Waals surface area contributed by atoms with Crippen LogP contribution in [0.25, 0.3) is 54.5 Å². The maximum atomic E-state index is 14.6. The predicted molar refractivity (Wildman–Crippen MR) is 503 cm³/mol. The van der Waals surface area contributed by atoms with Gasteiger partial charge >= 0.3 is 30.6 Å². The number of amides is 4. The third kappa shape index (κ3) is 20.2. The van der Waals surface area contributed by atoms with E-state index in [2.05, 4.69) is 68.9 Å². The molecule has 5 aliphatic rings. The lowest BCUT2D eigenvalue weighted by Gasteiger charge is -2.35. The zero-order valence-electron chi connectivity index (χ0n) is 71.5. The van der Waals surface area contributed by atoms with Crippen molar-refractivity contribution in [2.24, 2.45) is 0 Å². The molecule has 15 aromatic rings. The molecule has 0 fully saturated rings. The van der Waals surface area contributed by atoms with Gasteiger partial charge in [0.1, 0.15) is 54.0 Å². The molecule has 0 spiro atoms. The molecule has 4 amide bonds. The molecule has 6 N–H and O–H groups in total. The van der Waals surface area contributed by atoms with Crippen LogP contribution >= 0.6 is 89.9 Å². The van der Waals surface area contributed by atoms with Gasteiger partial charge in [0.25, 0.3) is 0 Å². The maximum Gasteiger partial charge on any atom is 0.416 e. The summed E-state index contributed by atoms with van der Waals surface area (Å²) in [5.74, 6) is -2.58. The smallest absolute Gasteiger partial charge is 0.416 e. The quantitative estimate of drug-likeness (QED) is 0.0436. The van der Waals surface area contributed by atoms with Crippen LogP contribution in [-0.2, 0) is 63.5 Å². The molecule has 20 rings (SSSR count). The zero-order chi connectivity index (χ0) is 95.0. The minimum atomic E-state index is -4.48. The Balaban J connectivity index is 0.000000122. The van der Waals surface area contributed by atoms with Gasteiger partial charge in [0, 0.05) is 163 Å². The van der Waals surface area contributed by atoms with Crippen LogP contribution in [0.5, 0.6) is 0 Å². The van der Waals surface area contributed by atoms with Gasteiger partial charge in [-0.05, 0) is 253 Å². The number of rotatable bonds is 10. The number of hydroxylamine groups is 2. The van der Waals surface area contributed by atoms with Crippen molar-refractivity contribution in [2.75, 3.05) is 58.4 Å². The first-order valence-electron chi connectivity index (χ1n) is 42.7. The molecule has 5 unspecified atom stereocenters. The lowest BCUT2D eigenvalue weighted by molar-refractivity contribution is -0.138. The Morgan fingerprint density at radius 2 is 0.769 bits per heavy atom. The number of aromatic amines is 5. The van der Waals surface area contributed by atoms with Crippen molar-refractivity contribution in [2.45, 2.75) is 102 Å². The molecule has 134 heavy (non-hydrogen) atoms. The summed E-state index contributed by atoms with van der Waals surface area (Å²) < 4.78 is 154. The van der Waals surface area contributed by atoms with E-state index in [9.17, 15) is 68.3 Å². The van der Waals surface area contributed by atoms with Crippen LogP contribution in [0.4, 0.5) is 58.3 Å². The highest BCUT2D eigenvalue weighted by Gasteiger charge is 2.43. The van der Waals surface area contributed by atoms with Gasteiger partial charge in [-0.15, -0.1) is 11.6 Å². The second kappa shape index (κ2) is 40.4. The molecule has 0 saturated heterocycles. The monoisotopic (exact) mass is 2060 g/mol. The Bertz CT molecular complexity index is 6950. The van der Waals surface area contributed by atoms with Crippen LogP contribution in [-0.4, -0.2) is 137 Å². The van der Waals surface area contributed by atoms with Gasteiger partial charge in [-0.2, -0.15) is 31.4 Å². The van der Waals surface area contributed by atoms with E-state index < -0.39 is 89.2 Å². The van der Waals surface area contributed by atoms with Gasteiger partial charge < -0.3 is 49.2 Å². The number of nitrogens with one attached hydrogen (secondary N) is 5. The normalized spacial score (nSPS) is 16.9. The highest BCUT2D eigenvalue weighted by atomic mass is 79.9. The van der Waals surface area contributed by atoms with E-state index in [0.717, 1.165) is 152 Å². The number of ether oxygens (including phenoxy) is 3. The van der Waals surface area contributed by atoms with Crippen molar-refractivity contribution in [1.82, 2.24) is 49.6 Å². The molecule has 0 saturated carbocycles. The van der Waals surface area contributed by atoms with Crippen molar-refractivity contribution in [3.63, 3.8) is 0 Å². The molecule has 10 aromatic carbocycles. The van der Waals surface area contributed by atoms with Gasteiger partial charge in [0.05, 0.1) is 36.3 Å². The van der Waals surface area contributed by atoms with Crippen LogP contribution in [0, 0.1) is 23.3 Å². The first-order valence-corrected chi connectivity index (χ1v) is 46.4. The fourth-order valence-electron chi connectivity index (χ4n) is 18.5. The number of fused-ring (bicyclic) bond motifs is 15. The van der Waals surface area contributed by atoms with Crippen molar-refractivity contribution in [1.29, 1.82) is 0 Å². The number of carbonyl (C=O) groups excluding carboxylic acids is 4. The van der Waals surface area contributed by atoms with E-state index in [0.29, 0.717) is 119 Å². The second-order valence-electron chi connectivity index (χ2n) is 32.5. The molecule has 35 heteroatoms. The maximum absolute atomic E-state index is 14.6. The summed E-state index contributed by atoms with van der Waals surface area (Å²) in [7, 11) is 0.